The lowest BCUT2D eigenvalue weighted by atomic mass is 10.4. The summed E-state index contributed by atoms with van der Waals surface area (Å²) in [5.74, 6) is 2.37. The topological polar surface area (TPSA) is 0 Å². The monoisotopic (exact) mass is 92.1 g/mol. The van der Waals surface area contributed by atoms with Crippen LogP contribution in [0.25, 0.3) is 0 Å². The zero-order valence-corrected chi connectivity index (χ0v) is 4.39. The van der Waals surface area contributed by atoms with Crippen LogP contribution in [0.5, 0.6) is 0 Å². The maximum absolute atomic E-state index is 4.90. The summed E-state index contributed by atoms with van der Waals surface area (Å²) in [7, 11) is 0. The lowest BCUT2D eigenvalue weighted by Gasteiger charge is -1.63. The third kappa shape index (κ3) is 5.04. The molecule has 0 amide bonds. The van der Waals surface area contributed by atoms with E-state index in [1.165, 1.54) is 0 Å². The minimum absolute atomic E-state index is 1.65. The third-order valence-corrected chi connectivity index (χ3v) is 0.496. The van der Waals surface area contributed by atoms with Crippen LogP contribution in [0.1, 0.15) is 6.92 Å². The molecule has 0 saturated carbocycles. The van der Waals surface area contributed by atoms with Gasteiger partial charge in [0.2, 0.25) is 0 Å². The predicted molar refractivity (Wildman–Crippen MR) is 32.8 cm³/mol. The first kappa shape index (κ1) is 6.04. The fourth-order valence-corrected chi connectivity index (χ4v) is 0.222. The fraction of sp³-hybridized carbons (Fsp3) is 0.143. The van der Waals surface area contributed by atoms with E-state index >= 15 is 0 Å². The van der Waals surface area contributed by atoms with Crippen molar-refractivity contribution in [1.82, 2.24) is 0 Å². The van der Waals surface area contributed by atoms with E-state index in [4.69, 9.17) is 6.42 Å². The van der Waals surface area contributed by atoms with Gasteiger partial charge >= 0.3 is 0 Å². The van der Waals surface area contributed by atoms with E-state index in [2.05, 4.69) is 5.92 Å². The molecular weight excluding hydrogens is 84.1 g/mol. The average molecular weight is 92.1 g/mol. The van der Waals surface area contributed by atoms with Crippen LogP contribution in [-0.4, -0.2) is 0 Å². The van der Waals surface area contributed by atoms with Gasteiger partial charge in [-0.05, 0) is 13.0 Å². The molecule has 0 bridgehead atoms. The Hall–Kier alpha value is -0.960. The molecule has 0 aromatic heterocycles. The SMILES string of the molecule is C#C/C=C\C=C/C. The Labute approximate surface area is 44.5 Å². The Balaban J connectivity index is 3.33. The summed E-state index contributed by atoms with van der Waals surface area (Å²) in [6.45, 7) is 1.95. The van der Waals surface area contributed by atoms with Crippen molar-refractivity contribution in [1.29, 1.82) is 0 Å². The fourth-order valence-electron chi connectivity index (χ4n) is 0.222. The first-order valence-electron chi connectivity index (χ1n) is 2.15. The van der Waals surface area contributed by atoms with Gasteiger partial charge in [0, 0.05) is 0 Å². The van der Waals surface area contributed by atoms with Gasteiger partial charge in [-0.2, -0.15) is 0 Å². The van der Waals surface area contributed by atoms with E-state index in [1.54, 1.807) is 6.08 Å². The van der Waals surface area contributed by atoms with Crippen molar-refractivity contribution in [2.45, 2.75) is 6.92 Å². The van der Waals surface area contributed by atoms with Gasteiger partial charge in [0.25, 0.3) is 0 Å². The lowest BCUT2D eigenvalue weighted by molar-refractivity contribution is 1.74. The maximum atomic E-state index is 4.90. The van der Waals surface area contributed by atoms with Gasteiger partial charge in [-0.15, -0.1) is 6.42 Å². The predicted octanol–water partition coefficient (Wildman–Crippen LogP) is 1.75. The van der Waals surface area contributed by atoms with E-state index < -0.39 is 0 Å². The molecule has 0 heterocycles. The van der Waals surface area contributed by atoms with Crippen LogP contribution in [0.3, 0.4) is 0 Å². The molecule has 0 nitrogen and oxygen atoms in total. The third-order valence-electron chi connectivity index (χ3n) is 0.496. The van der Waals surface area contributed by atoms with Gasteiger partial charge < -0.3 is 0 Å². The Morgan fingerprint density at radius 3 is 2.57 bits per heavy atom. The summed E-state index contributed by atoms with van der Waals surface area (Å²) >= 11 is 0. The van der Waals surface area contributed by atoms with Gasteiger partial charge in [0.1, 0.15) is 0 Å². The molecule has 0 N–H and O–H groups in total. The summed E-state index contributed by atoms with van der Waals surface area (Å²) < 4.78 is 0. The van der Waals surface area contributed by atoms with Crippen LogP contribution in [0.4, 0.5) is 0 Å². The van der Waals surface area contributed by atoms with E-state index in [0.29, 0.717) is 0 Å². The summed E-state index contributed by atoms with van der Waals surface area (Å²) in [6, 6.07) is 0. The molecule has 0 aromatic carbocycles. The summed E-state index contributed by atoms with van der Waals surface area (Å²) in [5, 5.41) is 0. The van der Waals surface area contributed by atoms with Crippen LogP contribution >= 0.6 is 0 Å². The highest BCUT2D eigenvalue weighted by Crippen LogP contribution is 1.71. The van der Waals surface area contributed by atoms with Crippen molar-refractivity contribution in [3.05, 3.63) is 24.3 Å². The molecule has 0 heteroatoms. The normalized spacial score (nSPS) is 10.3. The number of hydrogen-bond acceptors (Lipinski definition) is 0. The summed E-state index contributed by atoms with van der Waals surface area (Å²) in [5.41, 5.74) is 0. The van der Waals surface area contributed by atoms with Gasteiger partial charge in [0.05, 0.1) is 0 Å². The van der Waals surface area contributed by atoms with E-state index in [0.717, 1.165) is 0 Å². The molecule has 0 spiro atoms. The quantitative estimate of drug-likeness (QED) is 0.341. The highest BCUT2D eigenvalue weighted by atomic mass is 13.6. The second-order valence-corrected chi connectivity index (χ2v) is 1.05. The Morgan fingerprint density at radius 1 is 1.43 bits per heavy atom. The Morgan fingerprint density at radius 2 is 2.14 bits per heavy atom. The number of terminal acetylenes is 1. The number of allylic oxidation sites excluding steroid dienone is 4. The molecular formula is C7H8. The van der Waals surface area contributed by atoms with Crippen molar-refractivity contribution in [2.75, 3.05) is 0 Å². The van der Waals surface area contributed by atoms with Crippen molar-refractivity contribution < 1.29 is 0 Å². The van der Waals surface area contributed by atoms with E-state index in [-0.39, 0.29) is 0 Å². The lowest BCUT2D eigenvalue weighted by Crippen LogP contribution is -1.44. The molecule has 0 fully saturated rings. The minimum Gasteiger partial charge on any atom is -0.115 e. The van der Waals surface area contributed by atoms with Gasteiger partial charge in [-0.25, -0.2) is 0 Å². The van der Waals surface area contributed by atoms with Crippen LogP contribution in [-0.2, 0) is 0 Å². The standard InChI is InChI=1S/C7H8/c1-3-5-7-6-4-2/h1,4-7H,2H3/b6-4-,7-5-. The Bertz CT molecular complexity index is 110. The van der Waals surface area contributed by atoms with E-state index in [9.17, 15) is 0 Å². The van der Waals surface area contributed by atoms with Crippen LogP contribution in [0.2, 0.25) is 0 Å². The summed E-state index contributed by atoms with van der Waals surface area (Å²) in [4.78, 5) is 0. The van der Waals surface area contributed by atoms with Crippen molar-refractivity contribution in [3.8, 4) is 12.3 Å². The van der Waals surface area contributed by atoms with Crippen molar-refractivity contribution in [3.63, 3.8) is 0 Å². The van der Waals surface area contributed by atoms with Crippen molar-refractivity contribution >= 4 is 0 Å². The molecule has 7 heavy (non-hydrogen) atoms. The van der Waals surface area contributed by atoms with Crippen LogP contribution in [0, 0.1) is 12.3 Å². The zero-order chi connectivity index (χ0) is 5.54. The van der Waals surface area contributed by atoms with Gasteiger partial charge in [-0.3, -0.25) is 0 Å². The minimum atomic E-state index is 1.65. The second kappa shape index (κ2) is 5.04. The molecule has 0 atom stereocenters. The number of rotatable bonds is 1. The first-order chi connectivity index (χ1) is 3.41. The van der Waals surface area contributed by atoms with Gasteiger partial charge in [0.15, 0.2) is 0 Å². The largest absolute Gasteiger partial charge is 0.115 e. The molecule has 36 valence electrons. The molecule has 0 rings (SSSR count). The van der Waals surface area contributed by atoms with Crippen LogP contribution < -0.4 is 0 Å². The zero-order valence-electron chi connectivity index (χ0n) is 4.39. The van der Waals surface area contributed by atoms with Gasteiger partial charge in [-0.1, -0.05) is 24.1 Å². The number of hydrogen-bond donors (Lipinski definition) is 0. The molecule has 0 aliphatic carbocycles. The van der Waals surface area contributed by atoms with Crippen molar-refractivity contribution in [2.24, 2.45) is 0 Å². The second-order valence-electron chi connectivity index (χ2n) is 1.05. The van der Waals surface area contributed by atoms with E-state index in [1.807, 2.05) is 25.2 Å². The molecule has 0 radical (unpaired) electrons. The smallest absolute Gasteiger partial charge is 0.0122 e. The molecule has 0 saturated heterocycles. The summed E-state index contributed by atoms with van der Waals surface area (Å²) in [6.07, 6.45) is 12.2. The molecule has 0 aromatic rings. The Kier molecular flexibility index (Phi) is 4.35. The first-order valence-corrected chi connectivity index (χ1v) is 2.15. The maximum Gasteiger partial charge on any atom is -0.0122 e. The molecule has 0 unspecified atom stereocenters. The highest BCUT2D eigenvalue weighted by Gasteiger charge is 1.52. The molecule has 0 aliphatic heterocycles. The molecule has 0 aliphatic rings. The van der Waals surface area contributed by atoms with Crippen LogP contribution in [0.15, 0.2) is 24.3 Å². The highest BCUT2D eigenvalue weighted by molar-refractivity contribution is 5.14. The average Bonchev–Trinajstić information content (AvgIpc) is 1.69.